The minimum atomic E-state index is -4.37. The monoisotopic (exact) mass is 396 g/mol. The van der Waals surface area contributed by atoms with Crippen LogP contribution in [0, 0.1) is 59.2 Å². The highest BCUT2D eigenvalue weighted by Gasteiger charge is 2.77. The fourth-order valence-electron chi connectivity index (χ4n) is 8.45. The van der Waals surface area contributed by atoms with Crippen LogP contribution in [0.15, 0.2) is 12.2 Å². The Morgan fingerprint density at radius 1 is 0.929 bits per heavy atom. The number of alkyl halides is 3. The van der Waals surface area contributed by atoms with Crippen molar-refractivity contribution in [1.29, 1.82) is 0 Å². The maximum absolute atomic E-state index is 14.1. The third-order valence-electron chi connectivity index (χ3n) is 8.76. The topological polar surface area (TPSA) is 35.5 Å². The average Bonchev–Trinajstić information content (AvgIpc) is 3.35. The molecule has 12 unspecified atom stereocenters. The SMILES string of the molecule is CC(C)(C)OC(=O)C1C2CC(C3C4OC(C5C6C=CC(C6)C45)C23)C1C(F)(F)F. The van der Waals surface area contributed by atoms with Gasteiger partial charge in [0.25, 0.3) is 0 Å². The van der Waals surface area contributed by atoms with Gasteiger partial charge in [0, 0.05) is 0 Å². The molecule has 2 heterocycles. The highest BCUT2D eigenvalue weighted by molar-refractivity contribution is 5.75. The molecule has 28 heavy (non-hydrogen) atoms. The third kappa shape index (κ3) is 2.08. The van der Waals surface area contributed by atoms with E-state index in [9.17, 15) is 18.0 Å². The Kier molecular flexibility index (Phi) is 3.28. The van der Waals surface area contributed by atoms with Crippen molar-refractivity contribution >= 4 is 5.97 Å². The number of esters is 1. The molecule has 0 aromatic carbocycles. The maximum atomic E-state index is 14.1. The fraction of sp³-hybridized carbons (Fsp3) is 0.864. The Balaban J connectivity index is 1.36. The molecule has 0 radical (unpaired) electrons. The molecule has 0 aromatic heterocycles. The first-order valence-corrected chi connectivity index (χ1v) is 10.7. The second-order valence-corrected chi connectivity index (χ2v) is 11.0. The quantitative estimate of drug-likeness (QED) is 0.492. The number of halogens is 3. The van der Waals surface area contributed by atoms with E-state index in [2.05, 4.69) is 12.2 Å². The van der Waals surface area contributed by atoms with Gasteiger partial charge in [0.05, 0.1) is 24.0 Å². The van der Waals surface area contributed by atoms with E-state index in [4.69, 9.17) is 9.47 Å². The summed E-state index contributed by atoms with van der Waals surface area (Å²) in [6, 6.07) is 0. The normalized spacial score (nSPS) is 55.1. The van der Waals surface area contributed by atoms with Crippen LogP contribution in [0.4, 0.5) is 13.2 Å². The van der Waals surface area contributed by atoms with Gasteiger partial charge in [-0.3, -0.25) is 4.79 Å². The molecule has 0 amide bonds. The Hall–Kier alpha value is -1.04. The molecule has 0 N–H and O–H groups in total. The van der Waals surface area contributed by atoms with Crippen LogP contribution in [0.1, 0.15) is 33.6 Å². The Labute approximate surface area is 163 Å². The Bertz CT molecular complexity index is 753. The summed E-state index contributed by atoms with van der Waals surface area (Å²) in [6.07, 6.45) is 1.82. The number of fused-ring (bicyclic) bond motifs is 16. The van der Waals surface area contributed by atoms with Gasteiger partial charge >= 0.3 is 12.1 Å². The lowest BCUT2D eigenvalue weighted by Crippen LogP contribution is -2.53. The summed E-state index contributed by atoms with van der Waals surface area (Å²) in [7, 11) is 0. The fourth-order valence-corrected chi connectivity index (χ4v) is 8.45. The van der Waals surface area contributed by atoms with Crippen molar-refractivity contribution < 1.29 is 27.4 Å². The minimum Gasteiger partial charge on any atom is -0.460 e. The lowest BCUT2D eigenvalue weighted by atomic mass is 9.57. The number of hydrogen-bond donors (Lipinski definition) is 0. The Morgan fingerprint density at radius 3 is 2.04 bits per heavy atom. The van der Waals surface area contributed by atoms with Gasteiger partial charge in [0.15, 0.2) is 0 Å². The molecule has 0 spiro atoms. The number of ether oxygens (including phenoxy) is 2. The minimum absolute atomic E-state index is 0.0330. The van der Waals surface area contributed by atoms with Crippen LogP contribution in [0.3, 0.4) is 0 Å². The number of allylic oxidation sites excluding steroid dienone is 2. The molecule has 4 aliphatic carbocycles. The summed E-state index contributed by atoms with van der Waals surface area (Å²) in [5.41, 5.74) is -0.778. The molecule has 2 aliphatic heterocycles. The van der Waals surface area contributed by atoms with E-state index < -0.39 is 35.5 Å². The zero-order valence-electron chi connectivity index (χ0n) is 16.4. The van der Waals surface area contributed by atoms with E-state index in [1.54, 1.807) is 20.8 Å². The number of hydrogen-bond acceptors (Lipinski definition) is 3. The molecular weight excluding hydrogens is 369 g/mol. The van der Waals surface area contributed by atoms with Crippen LogP contribution in [-0.2, 0) is 14.3 Å². The van der Waals surface area contributed by atoms with Crippen LogP contribution in [0.2, 0.25) is 0 Å². The molecule has 3 nitrogen and oxygen atoms in total. The van der Waals surface area contributed by atoms with E-state index in [0.29, 0.717) is 30.1 Å². The lowest BCUT2D eigenvalue weighted by molar-refractivity contribution is -0.221. The summed E-state index contributed by atoms with van der Waals surface area (Å²) in [4.78, 5) is 12.9. The smallest absolute Gasteiger partial charge is 0.392 e. The van der Waals surface area contributed by atoms with Gasteiger partial charge in [0.2, 0.25) is 0 Å². The summed E-state index contributed by atoms with van der Waals surface area (Å²) in [5, 5.41) is 0. The molecule has 154 valence electrons. The van der Waals surface area contributed by atoms with E-state index in [-0.39, 0.29) is 30.0 Å². The molecule has 6 bridgehead atoms. The maximum Gasteiger partial charge on any atom is 0.392 e. The standard InChI is InChI=1S/C22H27F3O3/c1-21(2,3)28-20(26)16-10-7-11(17(16)22(23,24)25)15-14(10)18-12-8-4-5-9(6-8)13(12)19(15)27-18/h4-5,8-19H,6-7H2,1-3H3. The molecular formula is C22H27F3O3. The molecule has 2 saturated heterocycles. The van der Waals surface area contributed by atoms with Crippen molar-refractivity contribution in [1.82, 2.24) is 0 Å². The predicted molar refractivity (Wildman–Crippen MR) is 93.8 cm³/mol. The van der Waals surface area contributed by atoms with Gasteiger partial charge in [-0.1, -0.05) is 12.2 Å². The third-order valence-corrected chi connectivity index (χ3v) is 8.76. The molecule has 0 aromatic rings. The number of carbonyl (C=O) groups is 1. The van der Waals surface area contributed by atoms with Crippen LogP contribution < -0.4 is 0 Å². The van der Waals surface area contributed by atoms with Crippen LogP contribution in [-0.4, -0.2) is 30.0 Å². The summed E-state index contributed by atoms with van der Waals surface area (Å²) < 4.78 is 54.2. The molecule has 5 fully saturated rings. The van der Waals surface area contributed by atoms with Crippen molar-refractivity contribution in [2.24, 2.45) is 59.2 Å². The molecule has 3 saturated carbocycles. The van der Waals surface area contributed by atoms with Crippen molar-refractivity contribution in [2.75, 3.05) is 0 Å². The number of rotatable bonds is 1. The first kappa shape index (κ1) is 17.8. The van der Waals surface area contributed by atoms with Gasteiger partial charge in [0.1, 0.15) is 5.60 Å². The predicted octanol–water partition coefficient (Wildman–Crippen LogP) is 4.22. The zero-order valence-corrected chi connectivity index (χ0v) is 16.4. The second-order valence-electron chi connectivity index (χ2n) is 11.0. The van der Waals surface area contributed by atoms with Gasteiger partial charge in [-0.15, -0.1) is 0 Å². The molecule has 6 aliphatic rings. The van der Waals surface area contributed by atoms with Crippen LogP contribution in [0.5, 0.6) is 0 Å². The molecule has 12 atom stereocenters. The van der Waals surface area contributed by atoms with Crippen LogP contribution >= 0.6 is 0 Å². The second kappa shape index (κ2) is 5.16. The van der Waals surface area contributed by atoms with E-state index in [1.165, 1.54) is 0 Å². The largest absolute Gasteiger partial charge is 0.460 e. The summed E-state index contributed by atoms with van der Waals surface area (Å²) in [5.74, 6) is -2.15. The lowest BCUT2D eigenvalue weighted by Gasteiger charge is -2.45. The van der Waals surface area contributed by atoms with Crippen LogP contribution in [0.25, 0.3) is 0 Å². The molecule has 6 heteroatoms. The highest BCUT2D eigenvalue weighted by Crippen LogP contribution is 2.74. The van der Waals surface area contributed by atoms with E-state index in [0.717, 1.165) is 6.42 Å². The van der Waals surface area contributed by atoms with Gasteiger partial charge in [-0.25, -0.2) is 0 Å². The average molecular weight is 396 g/mol. The van der Waals surface area contributed by atoms with E-state index >= 15 is 0 Å². The van der Waals surface area contributed by atoms with Crippen molar-refractivity contribution in [3.05, 3.63) is 12.2 Å². The van der Waals surface area contributed by atoms with E-state index in [1.807, 2.05) is 0 Å². The van der Waals surface area contributed by atoms with Crippen molar-refractivity contribution in [3.63, 3.8) is 0 Å². The summed E-state index contributed by atoms with van der Waals surface area (Å²) >= 11 is 0. The van der Waals surface area contributed by atoms with Crippen molar-refractivity contribution in [2.45, 2.75) is 57.6 Å². The van der Waals surface area contributed by atoms with Gasteiger partial charge < -0.3 is 9.47 Å². The number of carbonyl (C=O) groups excluding carboxylic acids is 1. The Morgan fingerprint density at radius 2 is 1.50 bits per heavy atom. The summed E-state index contributed by atoms with van der Waals surface area (Å²) in [6.45, 7) is 5.16. The van der Waals surface area contributed by atoms with Gasteiger partial charge in [-0.2, -0.15) is 13.2 Å². The first-order chi connectivity index (χ1) is 13.1. The molecule has 6 rings (SSSR count). The van der Waals surface area contributed by atoms with Crippen molar-refractivity contribution in [3.8, 4) is 0 Å². The zero-order chi connectivity index (χ0) is 19.7. The highest BCUT2D eigenvalue weighted by atomic mass is 19.4. The van der Waals surface area contributed by atoms with Gasteiger partial charge in [-0.05, 0) is 81.0 Å². The first-order valence-electron chi connectivity index (χ1n) is 10.7.